The van der Waals surface area contributed by atoms with Crippen LogP contribution in [-0.2, 0) is 19.1 Å². The number of carboxylic acids is 1. The number of amides is 1. The van der Waals surface area contributed by atoms with E-state index in [-0.39, 0.29) is 30.1 Å². The van der Waals surface area contributed by atoms with E-state index in [2.05, 4.69) is 4.74 Å². The van der Waals surface area contributed by atoms with E-state index >= 15 is 0 Å². The summed E-state index contributed by atoms with van der Waals surface area (Å²) in [6.45, 7) is 0.306. The second-order valence-electron chi connectivity index (χ2n) is 3.36. The molecule has 6 nitrogen and oxygen atoms in total. The molecule has 0 aliphatic carbocycles. The van der Waals surface area contributed by atoms with Crippen molar-refractivity contribution in [2.75, 3.05) is 12.4 Å². The number of nitrogens with zero attached hydrogens (tertiary/aromatic N) is 1. The highest BCUT2D eigenvalue weighted by Gasteiger charge is 2.52. The van der Waals surface area contributed by atoms with Gasteiger partial charge in [0.1, 0.15) is 18.2 Å². The minimum atomic E-state index is -1.10. The molecule has 1 N–H and O–H groups in total. The fraction of sp³-hybridized carbons (Fsp3) is 0.444. The lowest BCUT2D eigenvalue weighted by Gasteiger charge is -2.47. The van der Waals surface area contributed by atoms with E-state index in [9.17, 15) is 14.4 Å². The topological polar surface area (TPSA) is 83.9 Å². The van der Waals surface area contributed by atoms with Crippen molar-refractivity contribution in [1.29, 1.82) is 0 Å². The molecule has 0 radical (unpaired) electrons. The third kappa shape index (κ3) is 1.57. The lowest BCUT2D eigenvalue weighted by atomic mass is 9.98. The van der Waals surface area contributed by atoms with Crippen molar-refractivity contribution in [3.05, 3.63) is 11.8 Å². The van der Waals surface area contributed by atoms with Gasteiger partial charge in [-0.25, -0.2) is 4.79 Å². The summed E-state index contributed by atoms with van der Waals surface area (Å²) in [6, 6.07) is 0. The molecule has 2 heterocycles. The fourth-order valence-electron chi connectivity index (χ4n) is 1.78. The predicted molar refractivity (Wildman–Crippen MR) is 54.3 cm³/mol. The third-order valence-electron chi connectivity index (χ3n) is 2.52. The molecule has 7 heteroatoms. The maximum absolute atomic E-state index is 11.6. The smallest absolute Gasteiger partial charge is 0.352 e. The van der Waals surface area contributed by atoms with Gasteiger partial charge in [-0.2, -0.15) is 0 Å². The Morgan fingerprint density at radius 1 is 1.75 bits per heavy atom. The Bertz CT molecular complexity index is 380. The van der Waals surface area contributed by atoms with Crippen molar-refractivity contribution in [2.24, 2.45) is 5.92 Å². The first-order valence-corrected chi connectivity index (χ1v) is 5.65. The van der Waals surface area contributed by atoms with Crippen LogP contribution in [0.5, 0.6) is 0 Å². The minimum Gasteiger partial charge on any atom is -0.477 e. The Balaban J connectivity index is 2.09. The summed E-state index contributed by atoms with van der Waals surface area (Å²) in [7, 11) is 0. The van der Waals surface area contributed by atoms with Crippen LogP contribution in [0.1, 0.15) is 0 Å². The first kappa shape index (κ1) is 11.0. The molecule has 1 amide bonds. The molecule has 0 aromatic heterocycles. The first-order chi connectivity index (χ1) is 7.66. The molecule has 2 aliphatic rings. The van der Waals surface area contributed by atoms with Crippen molar-refractivity contribution in [3.8, 4) is 0 Å². The number of rotatable bonds is 4. The quantitative estimate of drug-likeness (QED) is 0.537. The van der Waals surface area contributed by atoms with Gasteiger partial charge in [-0.15, -0.1) is 11.8 Å². The van der Waals surface area contributed by atoms with Crippen LogP contribution in [-0.4, -0.2) is 46.1 Å². The number of hydrogen-bond donors (Lipinski definition) is 1. The zero-order chi connectivity index (χ0) is 11.7. The number of hydrogen-bond acceptors (Lipinski definition) is 5. The lowest BCUT2D eigenvalue weighted by molar-refractivity contribution is -0.156. The van der Waals surface area contributed by atoms with E-state index in [1.165, 1.54) is 22.7 Å². The summed E-state index contributed by atoms with van der Waals surface area (Å²) in [4.78, 5) is 33.8. The first-order valence-electron chi connectivity index (χ1n) is 4.60. The molecular weight excluding hydrogens is 234 g/mol. The summed E-state index contributed by atoms with van der Waals surface area (Å²) in [5.74, 6) is -1.27. The number of thioether (sulfide) groups is 1. The minimum absolute atomic E-state index is 0.0173. The molecule has 1 fully saturated rings. The summed E-state index contributed by atoms with van der Waals surface area (Å²) in [5.41, 5.74) is 0.0242. The van der Waals surface area contributed by atoms with E-state index in [0.717, 1.165) is 0 Å². The van der Waals surface area contributed by atoms with Crippen LogP contribution < -0.4 is 0 Å². The Morgan fingerprint density at radius 3 is 3.12 bits per heavy atom. The molecular formula is C9H9NO5S. The van der Waals surface area contributed by atoms with E-state index in [4.69, 9.17) is 5.11 Å². The third-order valence-corrected chi connectivity index (χ3v) is 3.76. The monoisotopic (exact) mass is 243 g/mol. The molecule has 2 rings (SSSR count). The number of carboxylic acid groups (broad SMARTS) is 1. The zero-order valence-corrected chi connectivity index (χ0v) is 8.98. The normalized spacial score (nSPS) is 27.6. The average molecular weight is 243 g/mol. The number of carbonyl (C=O) groups excluding carboxylic acids is 2. The number of β-lactam (4-membered cyclic amide) rings is 1. The Labute approximate surface area is 95.2 Å². The number of fused-ring (bicyclic) bond motifs is 1. The van der Waals surface area contributed by atoms with E-state index in [1.54, 1.807) is 0 Å². The lowest BCUT2D eigenvalue weighted by Crippen LogP contribution is -2.62. The Kier molecular flexibility index (Phi) is 2.86. The molecule has 1 unspecified atom stereocenters. The molecule has 2 aliphatic heterocycles. The van der Waals surface area contributed by atoms with Gasteiger partial charge in [-0.3, -0.25) is 14.5 Å². The Morgan fingerprint density at radius 2 is 2.50 bits per heavy atom. The predicted octanol–water partition coefficient (Wildman–Crippen LogP) is -0.341. The molecule has 0 spiro atoms. The van der Waals surface area contributed by atoms with Crippen LogP contribution in [0.2, 0.25) is 0 Å². The average Bonchev–Trinajstić information content (AvgIpc) is 2.28. The maximum atomic E-state index is 11.6. The standard InChI is InChI=1S/C9H9NO5S/c11-4-15-3-5-7(12)10-6(9(13)14)1-2-16-8(5)10/h1,4-5,8H,2-3H2,(H,13,14)/t5?,8-/m0/s1. The summed E-state index contributed by atoms with van der Waals surface area (Å²) in [5, 5.41) is 8.66. The maximum Gasteiger partial charge on any atom is 0.352 e. The molecule has 2 atom stereocenters. The molecule has 0 aromatic rings. The molecule has 1 saturated heterocycles. The van der Waals surface area contributed by atoms with Gasteiger partial charge in [0.2, 0.25) is 5.91 Å². The molecule has 0 aromatic carbocycles. The highest BCUT2D eigenvalue weighted by atomic mass is 32.2. The van der Waals surface area contributed by atoms with Gasteiger partial charge in [0, 0.05) is 5.75 Å². The van der Waals surface area contributed by atoms with Gasteiger partial charge >= 0.3 is 5.97 Å². The van der Waals surface area contributed by atoms with Crippen molar-refractivity contribution in [2.45, 2.75) is 5.37 Å². The SMILES string of the molecule is O=COCC1C(=O)N2C(C(=O)O)=CCS[C@@H]12. The number of aliphatic carboxylic acids is 1. The van der Waals surface area contributed by atoms with Gasteiger partial charge in [-0.05, 0) is 6.08 Å². The van der Waals surface area contributed by atoms with Crippen LogP contribution in [0.25, 0.3) is 0 Å². The highest BCUT2D eigenvalue weighted by molar-refractivity contribution is 8.00. The van der Waals surface area contributed by atoms with Gasteiger partial charge in [0.05, 0.1) is 5.37 Å². The van der Waals surface area contributed by atoms with Crippen LogP contribution in [0, 0.1) is 5.92 Å². The molecule has 86 valence electrons. The van der Waals surface area contributed by atoms with Crippen molar-refractivity contribution >= 4 is 30.1 Å². The van der Waals surface area contributed by atoms with Gasteiger partial charge in [0.15, 0.2) is 0 Å². The Hall–Kier alpha value is -1.50. The summed E-state index contributed by atoms with van der Waals surface area (Å²) >= 11 is 1.47. The van der Waals surface area contributed by atoms with Crippen LogP contribution >= 0.6 is 11.8 Å². The van der Waals surface area contributed by atoms with Gasteiger partial charge in [-0.1, -0.05) is 0 Å². The second kappa shape index (κ2) is 4.17. The molecule has 0 saturated carbocycles. The van der Waals surface area contributed by atoms with Crippen LogP contribution in [0.4, 0.5) is 0 Å². The zero-order valence-electron chi connectivity index (χ0n) is 8.16. The van der Waals surface area contributed by atoms with Crippen molar-refractivity contribution in [1.82, 2.24) is 4.90 Å². The van der Waals surface area contributed by atoms with Gasteiger partial charge in [0.25, 0.3) is 6.47 Å². The number of carbonyl (C=O) groups is 3. The van der Waals surface area contributed by atoms with Crippen molar-refractivity contribution < 1.29 is 24.2 Å². The molecule has 0 bridgehead atoms. The van der Waals surface area contributed by atoms with Crippen LogP contribution in [0.15, 0.2) is 11.8 Å². The van der Waals surface area contributed by atoms with E-state index in [0.29, 0.717) is 5.75 Å². The van der Waals surface area contributed by atoms with E-state index in [1.807, 2.05) is 0 Å². The highest BCUT2D eigenvalue weighted by Crippen LogP contribution is 2.41. The largest absolute Gasteiger partial charge is 0.477 e. The second-order valence-corrected chi connectivity index (χ2v) is 4.51. The summed E-state index contributed by atoms with van der Waals surface area (Å²) in [6.07, 6.45) is 1.51. The van der Waals surface area contributed by atoms with Crippen molar-refractivity contribution in [3.63, 3.8) is 0 Å². The fourth-order valence-corrected chi connectivity index (χ4v) is 3.03. The summed E-state index contributed by atoms with van der Waals surface area (Å²) < 4.78 is 4.54. The number of ether oxygens (including phenoxy) is 1. The molecule has 16 heavy (non-hydrogen) atoms. The van der Waals surface area contributed by atoms with Gasteiger partial charge < -0.3 is 9.84 Å². The van der Waals surface area contributed by atoms with Crippen LogP contribution in [0.3, 0.4) is 0 Å². The van der Waals surface area contributed by atoms with E-state index < -0.39 is 11.9 Å².